The van der Waals surface area contributed by atoms with Crippen LogP contribution in [-0.2, 0) is 9.47 Å². The van der Waals surface area contributed by atoms with Gasteiger partial charge in [-0.15, -0.1) is 0 Å². The first-order valence-corrected chi connectivity index (χ1v) is 6.24. The van der Waals surface area contributed by atoms with Gasteiger partial charge in [0.15, 0.2) is 6.29 Å². The van der Waals surface area contributed by atoms with Gasteiger partial charge >= 0.3 is 0 Å². The number of allylic oxidation sites excluding steroid dienone is 1. The Morgan fingerprint density at radius 2 is 2.27 bits per heavy atom. The number of hydrogen-bond acceptors (Lipinski definition) is 2. The first-order chi connectivity index (χ1) is 7.26. The van der Waals surface area contributed by atoms with Gasteiger partial charge in [-0.05, 0) is 44.9 Å². The zero-order valence-corrected chi connectivity index (χ0v) is 9.45. The third-order valence-corrected chi connectivity index (χ3v) is 4.16. The Bertz CT molecular complexity index is 268. The standard InChI is InChI=1S/C13H20O2/c1-13(9-10-5-6-11(13)8-10)15-12-4-2-3-7-14-12/h5-6,10-12H,2-4,7-9H2,1H3. The van der Waals surface area contributed by atoms with E-state index in [1.807, 2.05) is 0 Å². The smallest absolute Gasteiger partial charge is 0.158 e. The predicted molar refractivity (Wildman–Crippen MR) is 58.4 cm³/mol. The van der Waals surface area contributed by atoms with E-state index in [-0.39, 0.29) is 11.9 Å². The molecule has 2 nitrogen and oxygen atoms in total. The van der Waals surface area contributed by atoms with E-state index >= 15 is 0 Å². The van der Waals surface area contributed by atoms with Crippen LogP contribution in [0.4, 0.5) is 0 Å². The molecule has 2 aliphatic carbocycles. The van der Waals surface area contributed by atoms with Crippen molar-refractivity contribution in [1.29, 1.82) is 0 Å². The van der Waals surface area contributed by atoms with Crippen LogP contribution in [-0.4, -0.2) is 18.5 Å². The zero-order valence-electron chi connectivity index (χ0n) is 9.45. The van der Waals surface area contributed by atoms with E-state index in [2.05, 4.69) is 19.1 Å². The molecule has 84 valence electrons. The monoisotopic (exact) mass is 208 g/mol. The van der Waals surface area contributed by atoms with Crippen LogP contribution < -0.4 is 0 Å². The number of hydrogen-bond donors (Lipinski definition) is 0. The highest BCUT2D eigenvalue weighted by atomic mass is 16.7. The number of fused-ring (bicyclic) bond motifs is 2. The Hall–Kier alpha value is -0.340. The van der Waals surface area contributed by atoms with Crippen LogP contribution in [0.1, 0.15) is 39.0 Å². The quantitative estimate of drug-likeness (QED) is 0.650. The van der Waals surface area contributed by atoms with Crippen molar-refractivity contribution in [3.63, 3.8) is 0 Å². The van der Waals surface area contributed by atoms with E-state index in [0.717, 1.165) is 18.9 Å². The van der Waals surface area contributed by atoms with Crippen LogP contribution in [0.3, 0.4) is 0 Å². The first-order valence-electron chi connectivity index (χ1n) is 6.24. The lowest BCUT2D eigenvalue weighted by Crippen LogP contribution is -2.39. The molecule has 1 saturated carbocycles. The molecule has 2 fully saturated rings. The molecule has 0 aromatic rings. The van der Waals surface area contributed by atoms with Crippen molar-refractivity contribution in [3.05, 3.63) is 12.2 Å². The van der Waals surface area contributed by atoms with Crippen molar-refractivity contribution in [2.75, 3.05) is 6.61 Å². The minimum absolute atomic E-state index is 0.0570. The average molecular weight is 208 g/mol. The summed E-state index contributed by atoms with van der Waals surface area (Å²) >= 11 is 0. The second kappa shape index (κ2) is 3.60. The van der Waals surface area contributed by atoms with Gasteiger partial charge in [0.1, 0.15) is 0 Å². The summed E-state index contributed by atoms with van der Waals surface area (Å²) in [5.41, 5.74) is 0.0570. The Morgan fingerprint density at radius 3 is 2.87 bits per heavy atom. The van der Waals surface area contributed by atoms with E-state index in [1.54, 1.807) is 0 Å². The Morgan fingerprint density at radius 1 is 1.33 bits per heavy atom. The predicted octanol–water partition coefficient (Wildman–Crippen LogP) is 2.88. The molecule has 1 heterocycles. The molecule has 3 rings (SSSR count). The van der Waals surface area contributed by atoms with Gasteiger partial charge in [-0.2, -0.15) is 0 Å². The van der Waals surface area contributed by atoms with Gasteiger partial charge in [-0.3, -0.25) is 0 Å². The maximum absolute atomic E-state index is 6.20. The maximum Gasteiger partial charge on any atom is 0.158 e. The van der Waals surface area contributed by atoms with Gasteiger partial charge in [-0.25, -0.2) is 0 Å². The SMILES string of the molecule is CC1(OC2CCCCO2)CC2C=CC1C2. The summed E-state index contributed by atoms with van der Waals surface area (Å²) in [5.74, 6) is 1.40. The van der Waals surface area contributed by atoms with Crippen molar-refractivity contribution in [1.82, 2.24) is 0 Å². The molecule has 4 unspecified atom stereocenters. The van der Waals surface area contributed by atoms with Gasteiger partial charge in [0.25, 0.3) is 0 Å². The van der Waals surface area contributed by atoms with Crippen LogP contribution in [0.15, 0.2) is 12.2 Å². The third kappa shape index (κ3) is 1.74. The summed E-state index contributed by atoms with van der Waals surface area (Å²) in [6.45, 7) is 3.14. The van der Waals surface area contributed by atoms with Gasteiger partial charge in [0, 0.05) is 12.5 Å². The molecular weight excluding hydrogens is 188 g/mol. The molecule has 0 amide bonds. The van der Waals surface area contributed by atoms with E-state index in [4.69, 9.17) is 9.47 Å². The molecule has 2 heteroatoms. The lowest BCUT2D eigenvalue weighted by atomic mass is 9.90. The summed E-state index contributed by atoms with van der Waals surface area (Å²) in [7, 11) is 0. The zero-order chi connectivity index (χ0) is 10.3. The van der Waals surface area contributed by atoms with Gasteiger partial charge in [-0.1, -0.05) is 12.2 Å². The molecule has 2 bridgehead atoms. The highest BCUT2D eigenvalue weighted by Crippen LogP contribution is 2.49. The van der Waals surface area contributed by atoms with Gasteiger partial charge in [0.05, 0.1) is 5.60 Å². The topological polar surface area (TPSA) is 18.5 Å². The molecule has 1 saturated heterocycles. The van der Waals surface area contributed by atoms with Crippen LogP contribution in [0.5, 0.6) is 0 Å². The minimum Gasteiger partial charge on any atom is -0.353 e. The van der Waals surface area contributed by atoms with Crippen LogP contribution in [0, 0.1) is 11.8 Å². The third-order valence-electron chi connectivity index (χ3n) is 4.16. The fraction of sp³-hybridized carbons (Fsp3) is 0.846. The fourth-order valence-electron chi connectivity index (χ4n) is 3.29. The first kappa shape index (κ1) is 9.86. The molecular formula is C13H20O2. The van der Waals surface area contributed by atoms with E-state index in [1.165, 1.54) is 25.7 Å². The van der Waals surface area contributed by atoms with Crippen LogP contribution in [0.25, 0.3) is 0 Å². The largest absolute Gasteiger partial charge is 0.353 e. The van der Waals surface area contributed by atoms with Gasteiger partial charge < -0.3 is 9.47 Å². The van der Waals surface area contributed by atoms with Crippen molar-refractivity contribution >= 4 is 0 Å². The summed E-state index contributed by atoms with van der Waals surface area (Å²) in [5, 5.41) is 0. The molecule has 0 radical (unpaired) electrons. The summed E-state index contributed by atoms with van der Waals surface area (Å²) in [6.07, 6.45) is 10.8. The Kier molecular flexibility index (Phi) is 2.37. The summed E-state index contributed by atoms with van der Waals surface area (Å²) in [4.78, 5) is 0. The molecule has 0 aromatic heterocycles. The molecule has 3 aliphatic rings. The molecule has 4 atom stereocenters. The highest BCUT2D eigenvalue weighted by Gasteiger charge is 2.47. The summed E-state index contributed by atoms with van der Waals surface area (Å²) < 4.78 is 11.9. The number of rotatable bonds is 2. The lowest BCUT2D eigenvalue weighted by molar-refractivity contribution is -0.226. The van der Waals surface area contributed by atoms with Crippen molar-refractivity contribution in [3.8, 4) is 0 Å². The van der Waals surface area contributed by atoms with Crippen molar-refractivity contribution in [2.45, 2.75) is 50.9 Å². The van der Waals surface area contributed by atoms with Crippen LogP contribution >= 0.6 is 0 Å². The highest BCUT2D eigenvalue weighted by molar-refractivity contribution is 5.16. The fourth-order valence-corrected chi connectivity index (χ4v) is 3.29. The van der Waals surface area contributed by atoms with E-state index in [0.29, 0.717) is 5.92 Å². The molecule has 1 aliphatic heterocycles. The second-order valence-corrected chi connectivity index (χ2v) is 5.42. The van der Waals surface area contributed by atoms with Crippen LogP contribution in [0.2, 0.25) is 0 Å². The normalized spacial score (nSPS) is 48.7. The average Bonchev–Trinajstić information content (AvgIpc) is 2.78. The summed E-state index contributed by atoms with van der Waals surface area (Å²) in [6, 6.07) is 0. The minimum atomic E-state index is 0.0570. The maximum atomic E-state index is 6.20. The van der Waals surface area contributed by atoms with Crippen molar-refractivity contribution < 1.29 is 9.47 Å². The molecule has 0 aromatic carbocycles. The molecule has 0 N–H and O–H groups in total. The Labute approximate surface area is 91.6 Å². The van der Waals surface area contributed by atoms with E-state index in [9.17, 15) is 0 Å². The Balaban J connectivity index is 1.64. The van der Waals surface area contributed by atoms with Gasteiger partial charge in [0.2, 0.25) is 0 Å². The van der Waals surface area contributed by atoms with E-state index < -0.39 is 0 Å². The van der Waals surface area contributed by atoms with Crippen molar-refractivity contribution in [2.24, 2.45) is 11.8 Å². The molecule has 0 spiro atoms. The second-order valence-electron chi connectivity index (χ2n) is 5.42. The lowest BCUT2D eigenvalue weighted by Gasteiger charge is -2.36. The number of ether oxygens (including phenoxy) is 2. The molecule has 15 heavy (non-hydrogen) atoms.